The summed E-state index contributed by atoms with van der Waals surface area (Å²) in [5.41, 5.74) is 3.87. The van der Waals surface area contributed by atoms with E-state index in [-0.39, 0.29) is 11.7 Å². The highest BCUT2D eigenvalue weighted by atomic mass is 79.9. The van der Waals surface area contributed by atoms with Crippen molar-refractivity contribution in [3.8, 4) is 22.7 Å². The van der Waals surface area contributed by atoms with Crippen LogP contribution in [0, 0.1) is 6.92 Å². The van der Waals surface area contributed by atoms with Crippen LogP contribution >= 0.6 is 39.0 Å². The normalized spacial score (nSPS) is 10.8. The SMILES string of the molecule is Cc1ccc(-c2csc(NC(=O)CSc3nnc(-c4cccc(Br)c4)o3)n2)cc1. The quantitative estimate of drug-likeness (QED) is 0.354. The Morgan fingerprint density at radius 2 is 2.00 bits per heavy atom. The van der Waals surface area contributed by atoms with E-state index in [1.165, 1.54) is 28.7 Å². The third kappa shape index (κ3) is 5.11. The largest absolute Gasteiger partial charge is 0.411 e. The number of hydrogen-bond donors (Lipinski definition) is 1. The molecule has 0 bridgehead atoms. The number of thiazole rings is 1. The molecule has 0 saturated heterocycles. The molecular formula is C20H15BrN4O2S2. The molecule has 9 heteroatoms. The second kappa shape index (κ2) is 8.89. The molecule has 0 aliphatic heterocycles. The van der Waals surface area contributed by atoms with Crippen LogP contribution in [0.15, 0.2) is 68.0 Å². The van der Waals surface area contributed by atoms with E-state index in [4.69, 9.17) is 4.42 Å². The van der Waals surface area contributed by atoms with Crippen molar-refractivity contribution in [3.05, 3.63) is 63.9 Å². The van der Waals surface area contributed by atoms with E-state index in [0.717, 1.165) is 21.3 Å². The van der Waals surface area contributed by atoms with E-state index in [9.17, 15) is 4.79 Å². The third-order valence-electron chi connectivity index (χ3n) is 3.90. The van der Waals surface area contributed by atoms with Crippen molar-refractivity contribution < 1.29 is 9.21 Å². The fourth-order valence-electron chi connectivity index (χ4n) is 2.48. The van der Waals surface area contributed by atoms with E-state index in [1.807, 2.05) is 60.8 Å². The minimum absolute atomic E-state index is 0.152. The fraction of sp³-hybridized carbons (Fsp3) is 0.100. The molecule has 4 rings (SSSR count). The van der Waals surface area contributed by atoms with Gasteiger partial charge in [-0.3, -0.25) is 4.79 Å². The summed E-state index contributed by atoms with van der Waals surface area (Å²) < 4.78 is 6.55. The van der Waals surface area contributed by atoms with Gasteiger partial charge in [0.05, 0.1) is 11.4 Å². The minimum Gasteiger partial charge on any atom is -0.411 e. The van der Waals surface area contributed by atoms with E-state index < -0.39 is 0 Å². The van der Waals surface area contributed by atoms with Crippen molar-refractivity contribution in [1.82, 2.24) is 15.2 Å². The van der Waals surface area contributed by atoms with Crippen molar-refractivity contribution in [1.29, 1.82) is 0 Å². The monoisotopic (exact) mass is 486 g/mol. The molecule has 0 spiro atoms. The summed E-state index contributed by atoms with van der Waals surface area (Å²) in [6, 6.07) is 15.7. The Bertz CT molecular complexity index is 1140. The second-order valence-electron chi connectivity index (χ2n) is 6.12. The van der Waals surface area contributed by atoms with E-state index in [1.54, 1.807) is 0 Å². The first-order chi connectivity index (χ1) is 14.1. The molecular weight excluding hydrogens is 472 g/mol. The maximum Gasteiger partial charge on any atom is 0.277 e. The topological polar surface area (TPSA) is 80.9 Å². The van der Waals surface area contributed by atoms with Crippen molar-refractivity contribution in [2.45, 2.75) is 12.1 Å². The van der Waals surface area contributed by atoms with Crippen LogP contribution in [-0.4, -0.2) is 26.8 Å². The maximum absolute atomic E-state index is 12.2. The number of carbonyl (C=O) groups is 1. The highest BCUT2D eigenvalue weighted by Gasteiger charge is 2.13. The molecule has 0 atom stereocenters. The number of rotatable bonds is 6. The van der Waals surface area contributed by atoms with Gasteiger partial charge in [-0.25, -0.2) is 4.98 Å². The van der Waals surface area contributed by atoms with Crippen LogP contribution < -0.4 is 5.32 Å². The number of anilines is 1. The number of benzene rings is 2. The van der Waals surface area contributed by atoms with Gasteiger partial charge in [-0.1, -0.05) is 63.6 Å². The lowest BCUT2D eigenvalue weighted by Crippen LogP contribution is -2.13. The van der Waals surface area contributed by atoms with Gasteiger partial charge in [0.25, 0.3) is 5.22 Å². The molecule has 2 heterocycles. The van der Waals surface area contributed by atoms with E-state index in [2.05, 4.69) is 36.4 Å². The Balaban J connectivity index is 1.33. The number of nitrogens with one attached hydrogen (secondary N) is 1. The first-order valence-corrected chi connectivity index (χ1v) is 11.3. The Labute approximate surface area is 183 Å². The molecule has 4 aromatic rings. The average Bonchev–Trinajstić information content (AvgIpc) is 3.37. The number of nitrogens with zero attached hydrogens (tertiary/aromatic N) is 3. The number of thioether (sulfide) groups is 1. The van der Waals surface area contributed by atoms with Crippen LogP contribution in [0.1, 0.15) is 5.56 Å². The van der Waals surface area contributed by atoms with Crippen molar-refractivity contribution >= 4 is 50.1 Å². The van der Waals surface area contributed by atoms with Crippen molar-refractivity contribution in [2.75, 3.05) is 11.1 Å². The number of halogens is 1. The van der Waals surface area contributed by atoms with Gasteiger partial charge in [0.2, 0.25) is 11.8 Å². The summed E-state index contributed by atoms with van der Waals surface area (Å²) in [6.07, 6.45) is 0. The Morgan fingerprint density at radius 1 is 1.17 bits per heavy atom. The van der Waals surface area contributed by atoms with Gasteiger partial charge in [-0.05, 0) is 25.1 Å². The first kappa shape index (κ1) is 19.8. The maximum atomic E-state index is 12.2. The summed E-state index contributed by atoms with van der Waals surface area (Å²) in [7, 11) is 0. The van der Waals surface area contributed by atoms with Crippen LogP contribution in [0.25, 0.3) is 22.7 Å². The molecule has 1 amide bonds. The number of aryl methyl sites for hydroxylation is 1. The van der Waals surface area contributed by atoms with Gasteiger partial charge in [0, 0.05) is 21.0 Å². The molecule has 6 nitrogen and oxygen atoms in total. The number of amides is 1. The molecule has 0 radical (unpaired) electrons. The number of aromatic nitrogens is 3. The van der Waals surface area contributed by atoms with Crippen molar-refractivity contribution in [3.63, 3.8) is 0 Å². The lowest BCUT2D eigenvalue weighted by Gasteiger charge is -2.00. The van der Waals surface area contributed by atoms with E-state index in [0.29, 0.717) is 16.2 Å². The molecule has 0 aliphatic rings. The summed E-state index contributed by atoms with van der Waals surface area (Å²) in [4.78, 5) is 16.7. The molecule has 0 fully saturated rings. The lowest BCUT2D eigenvalue weighted by molar-refractivity contribution is -0.113. The number of carbonyl (C=O) groups excluding carboxylic acids is 1. The third-order valence-corrected chi connectivity index (χ3v) is 5.97. The molecule has 1 N–H and O–H groups in total. The zero-order valence-electron chi connectivity index (χ0n) is 15.3. The van der Waals surface area contributed by atoms with E-state index >= 15 is 0 Å². The smallest absolute Gasteiger partial charge is 0.277 e. The first-order valence-electron chi connectivity index (χ1n) is 8.61. The molecule has 0 unspecified atom stereocenters. The summed E-state index contributed by atoms with van der Waals surface area (Å²) >= 11 is 5.99. The van der Waals surface area contributed by atoms with Gasteiger partial charge in [-0.2, -0.15) is 0 Å². The van der Waals surface area contributed by atoms with Crippen LogP contribution in [-0.2, 0) is 4.79 Å². The Hall–Kier alpha value is -2.49. The molecule has 2 aromatic carbocycles. The Morgan fingerprint density at radius 3 is 2.79 bits per heavy atom. The average molecular weight is 487 g/mol. The van der Waals surface area contributed by atoms with Gasteiger partial charge >= 0.3 is 0 Å². The molecule has 29 heavy (non-hydrogen) atoms. The molecule has 0 saturated carbocycles. The lowest BCUT2D eigenvalue weighted by atomic mass is 10.1. The zero-order chi connectivity index (χ0) is 20.2. The zero-order valence-corrected chi connectivity index (χ0v) is 18.5. The van der Waals surface area contributed by atoms with Crippen LogP contribution in [0.3, 0.4) is 0 Å². The summed E-state index contributed by atoms with van der Waals surface area (Å²) in [5, 5.41) is 13.7. The van der Waals surface area contributed by atoms with Gasteiger partial charge in [0.1, 0.15) is 0 Å². The second-order valence-corrected chi connectivity index (χ2v) is 8.82. The highest BCUT2D eigenvalue weighted by Crippen LogP contribution is 2.27. The van der Waals surface area contributed by atoms with Crippen LogP contribution in [0.5, 0.6) is 0 Å². The highest BCUT2D eigenvalue weighted by molar-refractivity contribution is 9.10. The fourth-order valence-corrected chi connectivity index (χ4v) is 4.18. The van der Waals surface area contributed by atoms with Crippen LogP contribution in [0.4, 0.5) is 5.13 Å². The standard InChI is InChI=1S/C20H15BrN4O2S2/c1-12-5-7-13(8-6-12)16-10-28-19(22-16)23-17(26)11-29-20-25-24-18(27-20)14-3-2-4-15(21)9-14/h2-10H,11H2,1H3,(H,22,23,26). The predicted molar refractivity (Wildman–Crippen MR) is 119 cm³/mol. The number of hydrogen-bond acceptors (Lipinski definition) is 7. The minimum atomic E-state index is -0.179. The molecule has 0 aliphatic carbocycles. The molecule has 2 aromatic heterocycles. The van der Waals surface area contributed by atoms with Gasteiger partial charge in [-0.15, -0.1) is 21.5 Å². The van der Waals surface area contributed by atoms with Crippen molar-refractivity contribution in [2.24, 2.45) is 0 Å². The summed E-state index contributed by atoms with van der Waals surface area (Å²) in [5.74, 6) is 0.387. The van der Waals surface area contributed by atoms with Crippen LogP contribution in [0.2, 0.25) is 0 Å². The van der Waals surface area contributed by atoms with Gasteiger partial charge < -0.3 is 9.73 Å². The Kier molecular flexibility index (Phi) is 6.08. The summed E-state index contributed by atoms with van der Waals surface area (Å²) in [6.45, 7) is 2.04. The molecule has 146 valence electrons. The van der Waals surface area contributed by atoms with Gasteiger partial charge in [0.15, 0.2) is 5.13 Å². The predicted octanol–water partition coefficient (Wildman–Crippen LogP) is 5.66.